The van der Waals surface area contributed by atoms with Crippen molar-refractivity contribution in [1.82, 2.24) is 0 Å². The average Bonchev–Trinajstić information content (AvgIpc) is 2.24. The van der Waals surface area contributed by atoms with Crippen molar-refractivity contribution < 1.29 is 9.47 Å². The van der Waals surface area contributed by atoms with E-state index in [1.54, 1.807) is 14.2 Å². The lowest BCUT2D eigenvalue weighted by molar-refractivity contribution is 0.330. The number of benzene rings is 1. The summed E-state index contributed by atoms with van der Waals surface area (Å²) in [5.74, 6) is 2.41. The molecular weight excluding hydrogens is 202 g/mol. The summed E-state index contributed by atoms with van der Waals surface area (Å²) in [6.07, 6.45) is 2.09. The molecule has 1 saturated carbocycles. The van der Waals surface area contributed by atoms with E-state index in [-0.39, 0.29) is 0 Å². The molecule has 88 valence electrons. The first kappa shape index (κ1) is 11.3. The van der Waals surface area contributed by atoms with Crippen LogP contribution in [0.2, 0.25) is 0 Å². The number of rotatable bonds is 3. The largest absolute Gasteiger partial charge is 0.496 e. The predicted molar refractivity (Wildman–Crippen MR) is 64.2 cm³/mol. The van der Waals surface area contributed by atoms with Crippen molar-refractivity contribution in [2.75, 3.05) is 14.2 Å². The van der Waals surface area contributed by atoms with Crippen molar-refractivity contribution in [3.05, 3.63) is 23.3 Å². The van der Waals surface area contributed by atoms with Gasteiger partial charge in [-0.25, -0.2) is 0 Å². The Bertz CT molecular complexity index is 384. The van der Waals surface area contributed by atoms with E-state index in [9.17, 15) is 0 Å². The lowest BCUT2D eigenvalue weighted by Gasteiger charge is -2.34. The van der Waals surface area contributed by atoms with Gasteiger partial charge in [-0.15, -0.1) is 0 Å². The first-order valence-corrected chi connectivity index (χ1v) is 5.63. The van der Waals surface area contributed by atoms with Gasteiger partial charge in [-0.1, -0.05) is 0 Å². The van der Waals surface area contributed by atoms with E-state index >= 15 is 0 Å². The lowest BCUT2D eigenvalue weighted by Crippen LogP contribution is -2.34. The monoisotopic (exact) mass is 221 g/mol. The van der Waals surface area contributed by atoms with Crippen LogP contribution >= 0.6 is 0 Å². The van der Waals surface area contributed by atoms with Crippen LogP contribution in [0.3, 0.4) is 0 Å². The van der Waals surface area contributed by atoms with E-state index in [1.807, 2.05) is 13.0 Å². The molecule has 2 rings (SSSR count). The minimum atomic E-state index is 0.349. The maximum atomic E-state index is 5.83. The second-order valence-electron chi connectivity index (χ2n) is 4.49. The number of methoxy groups -OCH3 is 2. The molecule has 0 spiro atoms. The van der Waals surface area contributed by atoms with Crippen LogP contribution in [0.4, 0.5) is 0 Å². The van der Waals surface area contributed by atoms with Crippen molar-refractivity contribution in [2.24, 2.45) is 5.73 Å². The molecule has 0 radical (unpaired) electrons. The van der Waals surface area contributed by atoms with Crippen LogP contribution in [0, 0.1) is 6.92 Å². The molecule has 0 unspecified atom stereocenters. The van der Waals surface area contributed by atoms with E-state index in [4.69, 9.17) is 15.2 Å². The summed E-state index contributed by atoms with van der Waals surface area (Å²) in [5.41, 5.74) is 8.16. The van der Waals surface area contributed by atoms with Gasteiger partial charge in [0.2, 0.25) is 0 Å². The first-order valence-electron chi connectivity index (χ1n) is 5.63. The van der Waals surface area contributed by atoms with Gasteiger partial charge in [0.15, 0.2) is 0 Å². The van der Waals surface area contributed by atoms with Gasteiger partial charge < -0.3 is 15.2 Å². The smallest absolute Gasteiger partial charge is 0.122 e. The lowest BCUT2D eigenvalue weighted by atomic mass is 9.76. The zero-order chi connectivity index (χ0) is 11.7. The van der Waals surface area contributed by atoms with Gasteiger partial charge in [-0.05, 0) is 43.4 Å². The Balaban J connectivity index is 2.34. The Morgan fingerprint density at radius 1 is 1.12 bits per heavy atom. The molecular formula is C13H19NO2. The highest BCUT2D eigenvalue weighted by atomic mass is 16.5. The van der Waals surface area contributed by atoms with Crippen molar-refractivity contribution in [3.8, 4) is 11.5 Å². The van der Waals surface area contributed by atoms with Gasteiger partial charge in [-0.2, -0.15) is 0 Å². The Hall–Kier alpha value is -1.22. The van der Waals surface area contributed by atoms with E-state index in [1.165, 1.54) is 5.56 Å². The van der Waals surface area contributed by atoms with E-state index < -0.39 is 0 Å². The summed E-state index contributed by atoms with van der Waals surface area (Å²) in [7, 11) is 3.41. The molecule has 0 heterocycles. The minimum Gasteiger partial charge on any atom is -0.496 e. The molecule has 3 nitrogen and oxygen atoms in total. The Kier molecular flexibility index (Phi) is 3.06. The average molecular weight is 221 g/mol. The van der Waals surface area contributed by atoms with Crippen molar-refractivity contribution >= 4 is 0 Å². The van der Waals surface area contributed by atoms with Gasteiger partial charge >= 0.3 is 0 Å². The van der Waals surface area contributed by atoms with Gasteiger partial charge in [0.25, 0.3) is 0 Å². The molecule has 0 saturated heterocycles. The molecule has 0 aliphatic heterocycles. The van der Waals surface area contributed by atoms with Gasteiger partial charge in [0.1, 0.15) is 11.5 Å². The third kappa shape index (κ3) is 1.87. The summed E-state index contributed by atoms with van der Waals surface area (Å²) in [6.45, 7) is 2.03. The molecule has 0 bridgehead atoms. The summed E-state index contributed by atoms with van der Waals surface area (Å²) in [4.78, 5) is 0. The number of hydrogen-bond acceptors (Lipinski definition) is 3. The summed E-state index contributed by atoms with van der Waals surface area (Å²) in [6, 6.07) is 4.48. The molecule has 1 aliphatic carbocycles. The zero-order valence-corrected chi connectivity index (χ0v) is 10.1. The first-order chi connectivity index (χ1) is 7.65. The Morgan fingerprint density at radius 2 is 1.75 bits per heavy atom. The highest BCUT2D eigenvalue weighted by molar-refractivity contribution is 5.48. The van der Waals surface area contributed by atoms with Crippen LogP contribution < -0.4 is 15.2 Å². The highest BCUT2D eigenvalue weighted by Gasteiger charge is 2.30. The predicted octanol–water partition coefficient (Wildman–Crippen LogP) is 2.22. The molecule has 0 aromatic heterocycles. The molecule has 1 aromatic carbocycles. The minimum absolute atomic E-state index is 0.349. The van der Waals surface area contributed by atoms with Crippen LogP contribution in [0.15, 0.2) is 12.1 Å². The molecule has 1 aliphatic rings. The van der Waals surface area contributed by atoms with Crippen LogP contribution in [-0.4, -0.2) is 20.3 Å². The highest BCUT2D eigenvalue weighted by Crippen LogP contribution is 2.42. The molecule has 1 aromatic rings. The van der Waals surface area contributed by atoms with Crippen LogP contribution in [0.5, 0.6) is 11.5 Å². The second kappa shape index (κ2) is 4.34. The van der Waals surface area contributed by atoms with Crippen LogP contribution in [0.25, 0.3) is 0 Å². The molecule has 3 heteroatoms. The quantitative estimate of drug-likeness (QED) is 0.851. The van der Waals surface area contributed by atoms with Crippen molar-refractivity contribution in [1.29, 1.82) is 0 Å². The summed E-state index contributed by atoms with van der Waals surface area (Å²) < 4.78 is 10.8. The Morgan fingerprint density at radius 3 is 2.25 bits per heavy atom. The zero-order valence-electron chi connectivity index (χ0n) is 10.1. The number of aryl methyl sites for hydroxylation is 1. The number of nitrogens with two attached hydrogens (primary N) is 1. The number of hydrogen-bond donors (Lipinski definition) is 1. The van der Waals surface area contributed by atoms with Gasteiger partial charge in [0, 0.05) is 11.6 Å². The van der Waals surface area contributed by atoms with Gasteiger partial charge in [-0.3, -0.25) is 0 Å². The molecule has 0 amide bonds. The van der Waals surface area contributed by atoms with Crippen LogP contribution in [0.1, 0.15) is 29.9 Å². The van der Waals surface area contributed by atoms with Crippen molar-refractivity contribution in [3.63, 3.8) is 0 Å². The fraction of sp³-hybridized carbons (Fsp3) is 0.538. The van der Waals surface area contributed by atoms with E-state index in [0.717, 1.165) is 29.9 Å². The third-order valence-corrected chi connectivity index (χ3v) is 3.36. The summed E-state index contributed by atoms with van der Waals surface area (Å²) in [5, 5.41) is 0. The topological polar surface area (TPSA) is 44.5 Å². The Labute approximate surface area is 96.5 Å². The standard InChI is InChI=1S/C13H19NO2/c1-8-4-13(16-3)11(7-12(8)15-2)9-5-10(14)6-9/h4,7,9-10H,5-6,14H2,1-3H3. The summed E-state index contributed by atoms with van der Waals surface area (Å²) >= 11 is 0. The maximum absolute atomic E-state index is 5.83. The second-order valence-corrected chi connectivity index (χ2v) is 4.49. The maximum Gasteiger partial charge on any atom is 0.122 e. The molecule has 16 heavy (non-hydrogen) atoms. The fourth-order valence-electron chi connectivity index (χ4n) is 2.31. The fourth-order valence-corrected chi connectivity index (χ4v) is 2.31. The molecule has 2 N–H and O–H groups in total. The number of ether oxygens (including phenoxy) is 2. The van der Waals surface area contributed by atoms with Gasteiger partial charge in [0.05, 0.1) is 14.2 Å². The van der Waals surface area contributed by atoms with Crippen molar-refractivity contribution in [2.45, 2.75) is 31.7 Å². The third-order valence-electron chi connectivity index (χ3n) is 3.36. The molecule has 1 fully saturated rings. The normalized spacial score (nSPS) is 23.8. The SMILES string of the molecule is COc1cc(C2CC(N)C2)c(OC)cc1C. The molecule has 0 atom stereocenters. The van der Waals surface area contributed by atoms with Crippen LogP contribution in [-0.2, 0) is 0 Å². The van der Waals surface area contributed by atoms with E-state index in [0.29, 0.717) is 12.0 Å². The van der Waals surface area contributed by atoms with E-state index in [2.05, 4.69) is 6.07 Å².